The molecule has 4 heteroatoms. The smallest absolute Gasteiger partial charge is 0.286 e. The summed E-state index contributed by atoms with van der Waals surface area (Å²) < 4.78 is 19.8. The highest BCUT2D eigenvalue weighted by molar-refractivity contribution is 6.12. The van der Waals surface area contributed by atoms with Gasteiger partial charge in [-0.1, -0.05) is 60.7 Å². The molecular weight excluding hydrogens is 319 g/mol. The first kappa shape index (κ1) is 16.8. The van der Waals surface area contributed by atoms with E-state index in [1.807, 2.05) is 6.07 Å². The molecule has 0 aliphatic carbocycles. The van der Waals surface area contributed by atoms with Gasteiger partial charge >= 0.3 is 0 Å². The van der Waals surface area contributed by atoms with Crippen molar-refractivity contribution in [3.63, 3.8) is 0 Å². The zero-order valence-corrected chi connectivity index (χ0v) is 14.0. The van der Waals surface area contributed by atoms with Gasteiger partial charge in [0, 0.05) is 11.1 Å². The molecule has 0 saturated heterocycles. The first-order valence-electron chi connectivity index (χ1n) is 7.94. The number of halogens is 1. The van der Waals surface area contributed by atoms with Crippen molar-refractivity contribution in [2.24, 2.45) is 0 Å². The fraction of sp³-hybridized carbons (Fsp3) is 0.143. The van der Waals surface area contributed by atoms with Gasteiger partial charge in [0.05, 0.1) is 11.5 Å². The Morgan fingerprint density at radius 2 is 1.48 bits per heavy atom. The predicted octanol–water partition coefficient (Wildman–Crippen LogP) is 4.73. The topological polar surface area (TPSA) is 43.4 Å². The fourth-order valence-corrected chi connectivity index (χ4v) is 3.10. The van der Waals surface area contributed by atoms with E-state index in [9.17, 15) is 14.0 Å². The van der Waals surface area contributed by atoms with Crippen molar-refractivity contribution >= 4 is 11.6 Å². The second-order valence-corrected chi connectivity index (χ2v) is 5.85. The summed E-state index contributed by atoms with van der Waals surface area (Å²) in [5, 5.41) is 0. The van der Waals surface area contributed by atoms with E-state index in [1.165, 1.54) is 13.8 Å². The maximum atomic E-state index is 14.7. The third kappa shape index (κ3) is 3.15. The average molecular weight is 336 g/mol. The lowest BCUT2D eigenvalue weighted by Crippen LogP contribution is -2.24. The van der Waals surface area contributed by atoms with Crippen LogP contribution in [0.25, 0.3) is 0 Å². The van der Waals surface area contributed by atoms with Gasteiger partial charge in [0.15, 0.2) is 11.6 Å². The maximum Gasteiger partial charge on any atom is 0.286 e. The molecule has 1 heterocycles. The first-order chi connectivity index (χ1) is 12.0. The molecule has 0 aromatic heterocycles. The summed E-state index contributed by atoms with van der Waals surface area (Å²) in [5.41, 5.74) is 1.17. The Labute approximate surface area is 145 Å². The van der Waals surface area contributed by atoms with Crippen molar-refractivity contribution in [2.75, 3.05) is 0 Å². The summed E-state index contributed by atoms with van der Waals surface area (Å²) in [7, 11) is 0. The van der Waals surface area contributed by atoms with Crippen LogP contribution in [0.2, 0.25) is 0 Å². The van der Waals surface area contributed by atoms with Crippen molar-refractivity contribution in [1.29, 1.82) is 0 Å². The molecule has 126 valence electrons. The van der Waals surface area contributed by atoms with Crippen LogP contribution in [0.3, 0.4) is 0 Å². The zero-order chi connectivity index (χ0) is 18.0. The molecule has 2 aromatic carbocycles. The summed E-state index contributed by atoms with van der Waals surface area (Å²) in [6.45, 7) is 2.93. The summed E-state index contributed by atoms with van der Waals surface area (Å²) in [6.07, 6.45) is 0. The number of ketones is 2. The second kappa shape index (κ2) is 6.85. The Balaban J connectivity index is 2.19. The highest BCUT2D eigenvalue weighted by atomic mass is 19.1. The Morgan fingerprint density at radius 1 is 0.920 bits per heavy atom. The van der Waals surface area contributed by atoms with E-state index in [0.717, 1.165) is 0 Å². The standard InChI is InChI=1S/C21H17FO3/c1-13(23)17-14(2)25-21(22)19(18(17)15-9-5-3-6-10-15)20(24)16-11-7-4-8-12-16/h3-12,18H,1-2H3. The Hall–Kier alpha value is -3.01. The molecule has 3 nitrogen and oxygen atoms in total. The minimum absolute atomic E-state index is 0.145. The molecule has 0 bridgehead atoms. The molecule has 0 saturated carbocycles. The quantitative estimate of drug-likeness (QED) is 0.758. The van der Waals surface area contributed by atoms with E-state index in [0.29, 0.717) is 16.7 Å². The number of Topliss-reactive ketones (excluding diaryl/α,β-unsaturated/α-hetero) is 2. The lowest BCUT2D eigenvalue weighted by molar-refractivity contribution is -0.114. The van der Waals surface area contributed by atoms with Crippen LogP contribution in [0.1, 0.15) is 35.7 Å². The monoisotopic (exact) mass is 336 g/mol. The van der Waals surface area contributed by atoms with E-state index in [4.69, 9.17) is 4.74 Å². The normalized spacial score (nSPS) is 17.3. The predicted molar refractivity (Wildman–Crippen MR) is 92.6 cm³/mol. The molecule has 0 fully saturated rings. The van der Waals surface area contributed by atoms with Gasteiger partial charge < -0.3 is 4.74 Å². The minimum atomic E-state index is -0.954. The summed E-state index contributed by atoms with van der Waals surface area (Å²) in [6, 6.07) is 16.4. The molecule has 1 unspecified atom stereocenters. The highest BCUT2D eigenvalue weighted by Gasteiger charge is 2.38. The molecule has 1 aliphatic heterocycles. The van der Waals surface area contributed by atoms with E-state index >= 15 is 0 Å². The van der Waals surface area contributed by atoms with Gasteiger partial charge in [-0.15, -0.1) is 0 Å². The third-order valence-electron chi connectivity index (χ3n) is 4.20. The van der Waals surface area contributed by atoms with E-state index < -0.39 is 17.7 Å². The number of allylic oxidation sites excluding steroid dienone is 3. The number of carbonyl (C=O) groups excluding carboxylic acids is 2. The number of hydrogen-bond donors (Lipinski definition) is 0. The molecule has 0 spiro atoms. The van der Waals surface area contributed by atoms with Crippen LogP contribution in [0, 0.1) is 0 Å². The van der Waals surface area contributed by atoms with E-state index in [2.05, 4.69) is 0 Å². The van der Waals surface area contributed by atoms with Crippen LogP contribution < -0.4 is 0 Å². The second-order valence-electron chi connectivity index (χ2n) is 5.85. The van der Waals surface area contributed by atoms with Crippen LogP contribution in [-0.2, 0) is 9.53 Å². The summed E-state index contributed by atoms with van der Waals surface area (Å²) in [5.74, 6) is -1.35. The molecule has 25 heavy (non-hydrogen) atoms. The van der Waals surface area contributed by atoms with Crippen molar-refractivity contribution in [3.05, 3.63) is 94.7 Å². The molecule has 2 aromatic rings. The zero-order valence-electron chi connectivity index (χ0n) is 14.0. The van der Waals surface area contributed by atoms with Crippen LogP contribution in [0.5, 0.6) is 0 Å². The Morgan fingerprint density at radius 3 is 2.04 bits per heavy atom. The average Bonchev–Trinajstić information content (AvgIpc) is 2.61. The van der Waals surface area contributed by atoms with Crippen LogP contribution in [0.15, 0.2) is 83.6 Å². The Kier molecular flexibility index (Phi) is 4.61. The van der Waals surface area contributed by atoms with Gasteiger partial charge in [0.25, 0.3) is 6.01 Å². The van der Waals surface area contributed by atoms with Crippen LogP contribution >= 0.6 is 0 Å². The van der Waals surface area contributed by atoms with E-state index in [-0.39, 0.29) is 17.1 Å². The number of ether oxygens (including phenoxy) is 1. The molecule has 0 N–H and O–H groups in total. The van der Waals surface area contributed by atoms with E-state index in [1.54, 1.807) is 54.6 Å². The number of carbonyl (C=O) groups is 2. The molecular formula is C21H17FO3. The van der Waals surface area contributed by atoms with Gasteiger partial charge in [0.2, 0.25) is 0 Å². The van der Waals surface area contributed by atoms with Gasteiger partial charge in [-0.2, -0.15) is 4.39 Å². The van der Waals surface area contributed by atoms with Crippen molar-refractivity contribution in [2.45, 2.75) is 19.8 Å². The lowest BCUT2D eigenvalue weighted by Gasteiger charge is -2.28. The van der Waals surface area contributed by atoms with Gasteiger partial charge in [0.1, 0.15) is 5.76 Å². The fourth-order valence-electron chi connectivity index (χ4n) is 3.10. The molecule has 1 aliphatic rings. The summed E-state index contributed by atoms with van der Waals surface area (Å²) in [4.78, 5) is 25.2. The van der Waals surface area contributed by atoms with Crippen molar-refractivity contribution < 1.29 is 18.7 Å². The van der Waals surface area contributed by atoms with Gasteiger partial charge in [-0.3, -0.25) is 9.59 Å². The SMILES string of the molecule is CC(=O)C1=C(C)OC(F)=C(C(=O)c2ccccc2)C1c1ccccc1. The summed E-state index contributed by atoms with van der Waals surface area (Å²) >= 11 is 0. The number of rotatable bonds is 4. The van der Waals surface area contributed by atoms with Gasteiger partial charge in [-0.05, 0) is 19.4 Å². The largest absolute Gasteiger partial charge is 0.436 e. The highest BCUT2D eigenvalue weighted by Crippen LogP contribution is 2.42. The first-order valence-corrected chi connectivity index (χ1v) is 7.94. The van der Waals surface area contributed by atoms with Crippen LogP contribution in [0.4, 0.5) is 4.39 Å². The molecule has 1 atom stereocenters. The van der Waals surface area contributed by atoms with Crippen molar-refractivity contribution in [3.8, 4) is 0 Å². The lowest BCUT2D eigenvalue weighted by atomic mass is 9.79. The minimum Gasteiger partial charge on any atom is -0.436 e. The molecule has 3 rings (SSSR count). The van der Waals surface area contributed by atoms with Crippen molar-refractivity contribution in [1.82, 2.24) is 0 Å². The molecule has 0 amide bonds. The van der Waals surface area contributed by atoms with Crippen LogP contribution in [-0.4, -0.2) is 11.6 Å². The molecule has 0 radical (unpaired) electrons. The Bertz CT molecular complexity index is 880. The number of hydrogen-bond acceptors (Lipinski definition) is 3. The third-order valence-corrected chi connectivity index (χ3v) is 4.20. The maximum absolute atomic E-state index is 14.7. The van der Waals surface area contributed by atoms with Gasteiger partial charge in [-0.25, -0.2) is 0 Å². The number of benzene rings is 2.